The van der Waals surface area contributed by atoms with Crippen molar-refractivity contribution >= 4 is 28.1 Å². The number of carbonyl (C=O) groups is 1. The Balaban J connectivity index is 1.73. The minimum absolute atomic E-state index is 0.0413. The number of nitrogens with zero attached hydrogens (tertiary/aromatic N) is 2. The van der Waals surface area contributed by atoms with E-state index >= 15 is 0 Å². The van der Waals surface area contributed by atoms with E-state index in [2.05, 4.69) is 57.3 Å². The van der Waals surface area contributed by atoms with Gasteiger partial charge >= 0.3 is 0 Å². The molecule has 0 aliphatic rings. The fraction of sp³-hybridized carbons (Fsp3) is 0.360. The highest BCUT2D eigenvalue weighted by molar-refractivity contribution is 7.14. The molecule has 158 valence electrons. The predicted octanol–water partition coefficient (Wildman–Crippen LogP) is 6.44. The maximum absolute atomic E-state index is 12.2. The maximum atomic E-state index is 12.2. The third-order valence-electron chi connectivity index (χ3n) is 5.19. The van der Waals surface area contributed by atoms with Gasteiger partial charge in [0.1, 0.15) is 0 Å². The number of anilines is 2. The Labute approximate surface area is 184 Å². The molecule has 4 nitrogen and oxygen atoms in total. The summed E-state index contributed by atoms with van der Waals surface area (Å²) in [5.41, 5.74) is 4.43. The molecule has 0 bridgehead atoms. The molecule has 0 saturated carbocycles. The zero-order chi connectivity index (χ0) is 21.7. The highest BCUT2D eigenvalue weighted by atomic mass is 32.1. The van der Waals surface area contributed by atoms with Crippen molar-refractivity contribution < 1.29 is 4.79 Å². The zero-order valence-corrected chi connectivity index (χ0v) is 19.2. The van der Waals surface area contributed by atoms with Crippen molar-refractivity contribution in [3.05, 3.63) is 76.8 Å². The summed E-state index contributed by atoms with van der Waals surface area (Å²) >= 11 is 1.50. The van der Waals surface area contributed by atoms with Crippen LogP contribution >= 0.6 is 11.3 Å². The molecule has 1 atom stereocenters. The van der Waals surface area contributed by atoms with Crippen LogP contribution in [0, 0.1) is 5.92 Å². The van der Waals surface area contributed by atoms with Crippen molar-refractivity contribution in [2.24, 2.45) is 5.92 Å². The summed E-state index contributed by atoms with van der Waals surface area (Å²) in [5, 5.41) is 6.39. The van der Waals surface area contributed by atoms with Gasteiger partial charge in [-0.25, -0.2) is 4.98 Å². The maximum Gasteiger partial charge on any atom is 0.230 e. The minimum Gasteiger partial charge on any atom is -0.304 e. The number of carbonyl (C=O) groups excluding carboxylic acids is 1. The van der Waals surface area contributed by atoms with Gasteiger partial charge in [-0.1, -0.05) is 70.2 Å². The first-order valence-corrected chi connectivity index (χ1v) is 11.4. The lowest BCUT2D eigenvalue weighted by atomic mass is 9.93. The summed E-state index contributed by atoms with van der Waals surface area (Å²) < 4.78 is 0. The summed E-state index contributed by atoms with van der Waals surface area (Å²) in [5.74, 6) is 0.943. The van der Waals surface area contributed by atoms with Crippen LogP contribution in [-0.4, -0.2) is 10.9 Å². The van der Waals surface area contributed by atoms with Crippen LogP contribution in [0.1, 0.15) is 63.4 Å². The van der Waals surface area contributed by atoms with Gasteiger partial charge in [-0.05, 0) is 35.1 Å². The lowest BCUT2D eigenvalue weighted by Crippen LogP contribution is -2.26. The first-order valence-electron chi connectivity index (χ1n) is 10.5. The molecule has 5 heteroatoms. The molecule has 30 heavy (non-hydrogen) atoms. The molecule has 0 saturated heterocycles. The van der Waals surface area contributed by atoms with E-state index in [-0.39, 0.29) is 11.9 Å². The third kappa shape index (κ3) is 5.35. The number of amides is 1. The molecular formula is C25H31N3OS. The quantitative estimate of drug-likeness (QED) is 0.455. The molecule has 2 aromatic carbocycles. The normalized spacial score (nSPS) is 12.4. The monoisotopic (exact) mass is 421 g/mol. The van der Waals surface area contributed by atoms with Gasteiger partial charge in [0.2, 0.25) is 5.91 Å². The molecule has 0 aliphatic heterocycles. The van der Waals surface area contributed by atoms with E-state index in [0.717, 1.165) is 11.4 Å². The molecule has 0 radical (unpaired) electrons. The van der Waals surface area contributed by atoms with Crippen molar-refractivity contribution in [1.29, 1.82) is 0 Å². The van der Waals surface area contributed by atoms with Gasteiger partial charge in [0.25, 0.3) is 0 Å². The van der Waals surface area contributed by atoms with Gasteiger partial charge < -0.3 is 5.32 Å². The number of hydrogen-bond acceptors (Lipinski definition) is 4. The first-order chi connectivity index (χ1) is 14.4. The smallest absolute Gasteiger partial charge is 0.230 e. The molecule has 0 fully saturated rings. The second-order valence-corrected chi connectivity index (χ2v) is 9.07. The Kier molecular flexibility index (Phi) is 7.40. The van der Waals surface area contributed by atoms with Crippen LogP contribution in [0.2, 0.25) is 0 Å². The SMILES string of the molecule is CC(=O)N(c1ccccc1)c1nc(CN[C@H](c2ccc(C(C)C)cc2)C(C)C)cs1. The molecule has 0 unspecified atom stereocenters. The van der Waals surface area contributed by atoms with Crippen LogP contribution in [0.15, 0.2) is 60.0 Å². The predicted molar refractivity (Wildman–Crippen MR) is 126 cm³/mol. The van der Waals surface area contributed by atoms with Gasteiger partial charge in [-0.3, -0.25) is 9.69 Å². The highest BCUT2D eigenvalue weighted by Gasteiger charge is 2.19. The van der Waals surface area contributed by atoms with Gasteiger partial charge in [-0.15, -0.1) is 11.3 Å². The molecule has 0 aliphatic carbocycles. The van der Waals surface area contributed by atoms with Crippen LogP contribution in [-0.2, 0) is 11.3 Å². The van der Waals surface area contributed by atoms with E-state index in [9.17, 15) is 4.79 Å². The Hall–Kier alpha value is -2.50. The average Bonchev–Trinajstić information content (AvgIpc) is 3.17. The molecule has 3 rings (SSSR count). The Bertz CT molecular complexity index is 948. The molecular weight excluding hydrogens is 390 g/mol. The second-order valence-electron chi connectivity index (χ2n) is 8.24. The van der Waals surface area contributed by atoms with Gasteiger partial charge in [-0.2, -0.15) is 0 Å². The van der Waals surface area contributed by atoms with E-state index in [1.54, 1.807) is 11.8 Å². The van der Waals surface area contributed by atoms with E-state index < -0.39 is 0 Å². The standard InChI is InChI=1S/C25H31N3OS/c1-17(2)20-11-13-21(14-12-20)24(18(3)4)26-15-22-16-30-25(27-22)28(19(5)29)23-9-7-6-8-10-23/h6-14,16-18,24,26H,15H2,1-5H3/t24-/m0/s1. The van der Waals surface area contributed by atoms with Crippen molar-refractivity contribution in [2.45, 2.75) is 53.1 Å². The fourth-order valence-electron chi connectivity index (χ4n) is 3.53. The number of thiazole rings is 1. The van der Waals surface area contributed by atoms with E-state index in [4.69, 9.17) is 4.98 Å². The number of rotatable bonds is 8. The lowest BCUT2D eigenvalue weighted by Gasteiger charge is -2.23. The van der Waals surface area contributed by atoms with Gasteiger partial charge in [0.05, 0.1) is 11.4 Å². The fourth-order valence-corrected chi connectivity index (χ4v) is 4.41. The summed E-state index contributed by atoms with van der Waals surface area (Å²) in [4.78, 5) is 18.6. The average molecular weight is 422 g/mol. The largest absolute Gasteiger partial charge is 0.304 e. The molecule has 3 aromatic rings. The highest BCUT2D eigenvalue weighted by Crippen LogP contribution is 2.29. The second kappa shape index (κ2) is 10.0. The first kappa shape index (κ1) is 22.2. The van der Waals surface area contributed by atoms with Crippen LogP contribution in [0.4, 0.5) is 10.8 Å². The van der Waals surface area contributed by atoms with Crippen molar-refractivity contribution in [1.82, 2.24) is 10.3 Å². The van der Waals surface area contributed by atoms with Crippen LogP contribution in [0.25, 0.3) is 0 Å². The molecule has 0 spiro atoms. The summed E-state index contributed by atoms with van der Waals surface area (Å²) in [6, 6.07) is 18.8. The van der Waals surface area contributed by atoms with Crippen LogP contribution in [0.5, 0.6) is 0 Å². The topological polar surface area (TPSA) is 45.2 Å². The lowest BCUT2D eigenvalue weighted by molar-refractivity contribution is -0.115. The molecule has 1 aromatic heterocycles. The van der Waals surface area contributed by atoms with Gasteiger partial charge in [0, 0.05) is 24.9 Å². The van der Waals surface area contributed by atoms with Crippen molar-refractivity contribution in [3.8, 4) is 0 Å². The number of hydrogen-bond donors (Lipinski definition) is 1. The summed E-state index contributed by atoms with van der Waals surface area (Å²) in [6.45, 7) is 11.1. The molecule has 1 heterocycles. The number of para-hydroxylation sites is 1. The third-order valence-corrected chi connectivity index (χ3v) is 6.07. The Morgan fingerprint density at radius 1 is 1.00 bits per heavy atom. The summed E-state index contributed by atoms with van der Waals surface area (Å²) in [6.07, 6.45) is 0. The number of aromatic nitrogens is 1. The van der Waals surface area contributed by atoms with Crippen LogP contribution < -0.4 is 10.2 Å². The summed E-state index contributed by atoms with van der Waals surface area (Å²) in [7, 11) is 0. The number of benzene rings is 2. The number of nitrogens with one attached hydrogen (secondary N) is 1. The van der Waals surface area contributed by atoms with Crippen molar-refractivity contribution in [3.63, 3.8) is 0 Å². The minimum atomic E-state index is -0.0413. The van der Waals surface area contributed by atoms with E-state index in [0.29, 0.717) is 23.5 Å². The van der Waals surface area contributed by atoms with Crippen molar-refractivity contribution in [2.75, 3.05) is 4.90 Å². The molecule has 1 amide bonds. The Morgan fingerprint density at radius 3 is 2.20 bits per heavy atom. The van der Waals surface area contributed by atoms with Gasteiger partial charge in [0.15, 0.2) is 5.13 Å². The zero-order valence-electron chi connectivity index (χ0n) is 18.4. The van der Waals surface area contributed by atoms with Crippen LogP contribution in [0.3, 0.4) is 0 Å². The van der Waals surface area contributed by atoms with E-state index in [1.807, 2.05) is 35.7 Å². The van der Waals surface area contributed by atoms with E-state index in [1.165, 1.54) is 22.5 Å². The Morgan fingerprint density at radius 2 is 1.63 bits per heavy atom. The molecule has 1 N–H and O–H groups in total.